The second-order valence-corrected chi connectivity index (χ2v) is 5.36. The monoisotopic (exact) mass is 212 g/mol. The second-order valence-electron chi connectivity index (χ2n) is 5.36. The molecule has 0 aromatic heterocycles. The minimum absolute atomic E-state index is 0.360. The molecule has 90 valence electrons. The second kappa shape index (κ2) is 6.49. The standard InChI is InChI=1S/C13H28N2/c1-3-13(8-4-5-9-13)11-15-10-6-7-12(2)14/h12,15H,3-11,14H2,1-2H3. The largest absolute Gasteiger partial charge is 0.328 e. The average molecular weight is 212 g/mol. The first-order valence-electron chi connectivity index (χ1n) is 6.65. The number of rotatable bonds is 7. The Hall–Kier alpha value is -0.0800. The molecule has 0 aliphatic heterocycles. The van der Waals surface area contributed by atoms with Crippen molar-refractivity contribution in [1.82, 2.24) is 5.32 Å². The molecule has 0 bridgehead atoms. The molecule has 1 aliphatic rings. The van der Waals surface area contributed by atoms with Crippen LogP contribution in [0.5, 0.6) is 0 Å². The molecule has 1 rings (SSSR count). The van der Waals surface area contributed by atoms with Crippen molar-refractivity contribution in [3.63, 3.8) is 0 Å². The van der Waals surface area contributed by atoms with E-state index in [1.165, 1.54) is 45.1 Å². The molecule has 0 spiro atoms. The molecule has 1 fully saturated rings. The maximum atomic E-state index is 5.72. The zero-order chi connectivity index (χ0) is 11.1. The van der Waals surface area contributed by atoms with Crippen molar-refractivity contribution in [2.24, 2.45) is 11.1 Å². The first-order chi connectivity index (χ1) is 7.18. The third kappa shape index (κ3) is 4.52. The molecule has 0 aromatic carbocycles. The number of nitrogens with two attached hydrogens (primary N) is 1. The van der Waals surface area contributed by atoms with Gasteiger partial charge in [-0.2, -0.15) is 0 Å². The van der Waals surface area contributed by atoms with Crippen LogP contribution >= 0.6 is 0 Å². The quantitative estimate of drug-likeness (QED) is 0.637. The predicted octanol–water partition coefficient (Wildman–Crippen LogP) is 2.67. The van der Waals surface area contributed by atoms with Crippen molar-refractivity contribution in [3.05, 3.63) is 0 Å². The van der Waals surface area contributed by atoms with Gasteiger partial charge < -0.3 is 11.1 Å². The van der Waals surface area contributed by atoms with Gasteiger partial charge in [0.05, 0.1) is 0 Å². The van der Waals surface area contributed by atoms with E-state index < -0.39 is 0 Å². The van der Waals surface area contributed by atoms with E-state index in [9.17, 15) is 0 Å². The lowest BCUT2D eigenvalue weighted by molar-refractivity contribution is 0.268. The van der Waals surface area contributed by atoms with Crippen molar-refractivity contribution in [2.45, 2.75) is 64.8 Å². The Morgan fingerprint density at radius 3 is 2.53 bits per heavy atom. The van der Waals surface area contributed by atoms with E-state index in [1.807, 2.05) is 0 Å². The van der Waals surface area contributed by atoms with Crippen LogP contribution in [0.15, 0.2) is 0 Å². The van der Waals surface area contributed by atoms with Crippen molar-refractivity contribution in [1.29, 1.82) is 0 Å². The Morgan fingerprint density at radius 2 is 2.00 bits per heavy atom. The predicted molar refractivity (Wildman–Crippen MR) is 66.9 cm³/mol. The Kier molecular flexibility index (Phi) is 5.62. The minimum Gasteiger partial charge on any atom is -0.328 e. The van der Waals surface area contributed by atoms with Crippen LogP contribution in [0.25, 0.3) is 0 Å². The highest BCUT2D eigenvalue weighted by molar-refractivity contribution is 4.85. The maximum Gasteiger partial charge on any atom is 0.00109 e. The van der Waals surface area contributed by atoms with Gasteiger partial charge in [0.15, 0.2) is 0 Å². The van der Waals surface area contributed by atoms with E-state index in [4.69, 9.17) is 5.73 Å². The van der Waals surface area contributed by atoms with E-state index in [0.29, 0.717) is 11.5 Å². The number of hydrogen-bond donors (Lipinski definition) is 2. The zero-order valence-corrected chi connectivity index (χ0v) is 10.5. The van der Waals surface area contributed by atoms with Crippen LogP contribution in [0.3, 0.4) is 0 Å². The smallest absolute Gasteiger partial charge is 0.00109 e. The Labute approximate surface area is 95.0 Å². The molecule has 0 saturated heterocycles. The minimum atomic E-state index is 0.360. The molecule has 3 N–H and O–H groups in total. The van der Waals surface area contributed by atoms with Crippen LogP contribution in [0.1, 0.15) is 58.8 Å². The summed E-state index contributed by atoms with van der Waals surface area (Å²) in [6.07, 6.45) is 9.45. The van der Waals surface area contributed by atoms with Crippen LogP contribution in [-0.2, 0) is 0 Å². The normalized spacial score (nSPS) is 21.8. The van der Waals surface area contributed by atoms with Crippen molar-refractivity contribution in [2.75, 3.05) is 13.1 Å². The molecular formula is C13H28N2. The van der Waals surface area contributed by atoms with Gasteiger partial charge in [0, 0.05) is 12.6 Å². The van der Waals surface area contributed by atoms with Gasteiger partial charge in [-0.1, -0.05) is 19.8 Å². The third-order valence-corrected chi connectivity index (χ3v) is 3.93. The van der Waals surface area contributed by atoms with Gasteiger partial charge in [-0.25, -0.2) is 0 Å². The summed E-state index contributed by atoms with van der Waals surface area (Å²) in [5.41, 5.74) is 6.35. The van der Waals surface area contributed by atoms with E-state index >= 15 is 0 Å². The first kappa shape index (κ1) is 13.0. The van der Waals surface area contributed by atoms with Gasteiger partial charge in [-0.15, -0.1) is 0 Å². The van der Waals surface area contributed by atoms with Gasteiger partial charge in [0.1, 0.15) is 0 Å². The fraction of sp³-hybridized carbons (Fsp3) is 1.00. The summed E-state index contributed by atoms with van der Waals surface area (Å²) in [4.78, 5) is 0. The average Bonchev–Trinajstić information content (AvgIpc) is 2.66. The van der Waals surface area contributed by atoms with E-state index in [2.05, 4.69) is 19.2 Å². The van der Waals surface area contributed by atoms with E-state index in [-0.39, 0.29) is 0 Å². The highest BCUT2D eigenvalue weighted by Crippen LogP contribution is 2.40. The molecule has 0 radical (unpaired) electrons. The summed E-state index contributed by atoms with van der Waals surface area (Å²) in [5, 5.41) is 3.62. The summed E-state index contributed by atoms with van der Waals surface area (Å²) in [6, 6.07) is 0.360. The van der Waals surface area contributed by atoms with Crippen LogP contribution < -0.4 is 11.1 Å². The van der Waals surface area contributed by atoms with Crippen LogP contribution in [0.2, 0.25) is 0 Å². The first-order valence-corrected chi connectivity index (χ1v) is 6.65. The molecule has 1 aliphatic carbocycles. The van der Waals surface area contributed by atoms with Crippen molar-refractivity contribution < 1.29 is 0 Å². The van der Waals surface area contributed by atoms with E-state index in [1.54, 1.807) is 0 Å². The Bertz CT molecular complexity index is 160. The summed E-state index contributed by atoms with van der Waals surface area (Å²) in [5.74, 6) is 0. The highest BCUT2D eigenvalue weighted by atomic mass is 14.9. The van der Waals surface area contributed by atoms with Crippen LogP contribution in [-0.4, -0.2) is 19.1 Å². The summed E-state index contributed by atoms with van der Waals surface area (Å²) in [7, 11) is 0. The van der Waals surface area contributed by atoms with Gasteiger partial charge in [0.25, 0.3) is 0 Å². The lowest BCUT2D eigenvalue weighted by Gasteiger charge is -2.27. The summed E-state index contributed by atoms with van der Waals surface area (Å²) < 4.78 is 0. The molecule has 1 atom stereocenters. The SMILES string of the molecule is CCC1(CNCCCC(C)N)CCCC1. The molecule has 1 saturated carbocycles. The van der Waals surface area contributed by atoms with Crippen LogP contribution in [0.4, 0.5) is 0 Å². The van der Waals surface area contributed by atoms with Crippen molar-refractivity contribution >= 4 is 0 Å². The summed E-state index contributed by atoms with van der Waals surface area (Å²) in [6.45, 7) is 6.80. The van der Waals surface area contributed by atoms with Gasteiger partial charge in [0.2, 0.25) is 0 Å². The van der Waals surface area contributed by atoms with Crippen molar-refractivity contribution in [3.8, 4) is 0 Å². The fourth-order valence-corrected chi connectivity index (χ4v) is 2.68. The Balaban J connectivity index is 2.07. The lowest BCUT2D eigenvalue weighted by atomic mass is 9.83. The highest BCUT2D eigenvalue weighted by Gasteiger charge is 2.31. The summed E-state index contributed by atoms with van der Waals surface area (Å²) >= 11 is 0. The lowest BCUT2D eigenvalue weighted by Crippen LogP contribution is -2.32. The van der Waals surface area contributed by atoms with E-state index in [0.717, 1.165) is 13.0 Å². The fourth-order valence-electron chi connectivity index (χ4n) is 2.68. The maximum absolute atomic E-state index is 5.72. The molecule has 0 amide bonds. The molecule has 15 heavy (non-hydrogen) atoms. The number of nitrogens with one attached hydrogen (secondary N) is 1. The molecule has 1 unspecified atom stereocenters. The van der Waals surface area contributed by atoms with Gasteiger partial charge in [-0.05, 0) is 51.0 Å². The number of hydrogen-bond acceptors (Lipinski definition) is 2. The van der Waals surface area contributed by atoms with Gasteiger partial charge in [-0.3, -0.25) is 0 Å². The molecule has 0 aromatic rings. The topological polar surface area (TPSA) is 38.0 Å². The zero-order valence-electron chi connectivity index (χ0n) is 10.5. The molecular weight excluding hydrogens is 184 g/mol. The van der Waals surface area contributed by atoms with Crippen LogP contribution in [0, 0.1) is 5.41 Å². The Morgan fingerprint density at radius 1 is 1.33 bits per heavy atom. The molecule has 2 nitrogen and oxygen atoms in total. The molecule has 0 heterocycles. The molecule has 2 heteroatoms. The van der Waals surface area contributed by atoms with Gasteiger partial charge >= 0.3 is 0 Å². The third-order valence-electron chi connectivity index (χ3n) is 3.93.